The maximum absolute atomic E-state index is 13.9. The highest BCUT2D eigenvalue weighted by molar-refractivity contribution is 5.67. The first-order chi connectivity index (χ1) is 14.9. The zero-order chi connectivity index (χ0) is 23.4. The molecule has 0 amide bonds. The molecule has 0 aliphatic heterocycles. The molecule has 0 fully saturated rings. The van der Waals surface area contributed by atoms with Crippen LogP contribution in [0, 0.1) is 11.6 Å². The van der Waals surface area contributed by atoms with E-state index in [0.29, 0.717) is 18.7 Å². The van der Waals surface area contributed by atoms with Gasteiger partial charge in [-0.3, -0.25) is 4.68 Å². The van der Waals surface area contributed by atoms with Gasteiger partial charge < -0.3 is 16.6 Å². The van der Waals surface area contributed by atoms with Gasteiger partial charge in [0.15, 0.2) is 0 Å². The Morgan fingerprint density at radius 1 is 1.23 bits per heavy atom. The molecule has 1 aliphatic rings. The van der Waals surface area contributed by atoms with Crippen LogP contribution in [-0.2, 0) is 6.54 Å². The van der Waals surface area contributed by atoms with E-state index in [9.17, 15) is 13.9 Å². The normalized spacial score (nSPS) is 16.2. The van der Waals surface area contributed by atoms with E-state index in [-0.39, 0.29) is 23.8 Å². The molecule has 172 valence electrons. The lowest BCUT2D eigenvalue weighted by molar-refractivity contribution is 0.266. The van der Waals surface area contributed by atoms with Gasteiger partial charge in [-0.1, -0.05) is 40.2 Å². The van der Waals surface area contributed by atoms with E-state index in [2.05, 4.69) is 18.9 Å². The fourth-order valence-electron chi connectivity index (χ4n) is 3.44. The number of nitrogens with two attached hydrogens (primary N) is 2. The van der Waals surface area contributed by atoms with Gasteiger partial charge in [0.05, 0.1) is 18.7 Å². The molecule has 0 saturated heterocycles. The van der Waals surface area contributed by atoms with Gasteiger partial charge >= 0.3 is 0 Å². The van der Waals surface area contributed by atoms with Crippen LogP contribution in [0.25, 0.3) is 5.70 Å². The standard InChI is InChI=1S/C19H22F2N4O.C3H8.C2H6/c20-14-5-2-6-15(21)18(14)16(22)11-12-3-1-4-13(19(12)23)17-7-8-24-25(17)9-10-26;1-3-2;1-2/h2,5-8,11,13,26H,1,3-4,9-10,22-23H2;3H2,1-2H3;1-2H3/b16-11-;;. The molecule has 1 aliphatic carbocycles. The van der Waals surface area contributed by atoms with Crippen LogP contribution in [0.3, 0.4) is 0 Å². The van der Waals surface area contributed by atoms with Crippen LogP contribution < -0.4 is 11.5 Å². The maximum atomic E-state index is 13.9. The van der Waals surface area contributed by atoms with Crippen LogP contribution in [0.4, 0.5) is 8.78 Å². The third-order valence-corrected chi connectivity index (χ3v) is 4.68. The molecule has 0 radical (unpaired) electrons. The Bertz CT molecular complexity index is 854. The number of allylic oxidation sites excluding steroid dienone is 3. The summed E-state index contributed by atoms with van der Waals surface area (Å²) in [6.45, 7) is 8.62. The third-order valence-electron chi connectivity index (χ3n) is 4.68. The summed E-state index contributed by atoms with van der Waals surface area (Å²) in [5.41, 5.74) is 14.4. The number of aliphatic hydroxyl groups is 1. The van der Waals surface area contributed by atoms with Crippen LogP contribution >= 0.6 is 0 Å². The van der Waals surface area contributed by atoms with Crippen LogP contribution in [0.15, 0.2) is 47.8 Å². The number of halogens is 2. The molecule has 2 aromatic rings. The molecule has 0 saturated carbocycles. The highest BCUT2D eigenvalue weighted by atomic mass is 19.1. The number of hydrogen-bond acceptors (Lipinski definition) is 4. The molecule has 1 atom stereocenters. The third kappa shape index (κ3) is 6.92. The average Bonchev–Trinajstić information content (AvgIpc) is 3.20. The smallest absolute Gasteiger partial charge is 0.135 e. The number of aliphatic hydroxyl groups excluding tert-OH is 1. The van der Waals surface area contributed by atoms with Crippen LogP contribution in [-0.4, -0.2) is 21.5 Å². The first-order valence-corrected chi connectivity index (χ1v) is 11.0. The Labute approximate surface area is 184 Å². The van der Waals surface area contributed by atoms with Crippen molar-refractivity contribution in [2.24, 2.45) is 11.5 Å². The molecule has 5 nitrogen and oxygen atoms in total. The lowest BCUT2D eigenvalue weighted by Crippen LogP contribution is -2.21. The molecular formula is C24H36F2N4O. The van der Waals surface area contributed by atoms with E-state index < -0.39 is 11.6 Å². The zero-order valence-corrected chi connectivity index (χ0v) is 19.0. The molecule has 31 heavy (non-hydrogen) atoms. The predicted octanol–water partition coefficient (Wildman–Crippen LogP) is 5.08. The molecule has 1 aromatic carbocycles. The SMILES string of the molecule is CC.CCC.NC1=C(/C=C(\N)c2c(F)cccc2F)CCCC1c1ccnn1CCO. The number of aromatic nitrogens is 2. The maximum Gasteiger partial charge on any atom is 0.135 e. The Morgan fingerprint density at radius 3 is 2.42 bits per heavy atom. The van der Waals surface area contributed by atoms with Crippen molar-refractivity contribution in [2.75, 3.05) is 6.61 Å². The average molecular weight is 435 g/mol. The summed E-state index contributed by atoms with van der Waals surface area (Å²) in [6.07, 6.45) is 6.89. The second-order valence-corrected chi connectivity index (χ2v) is 7.03. The van der Waals surface area contributed by atoms with Gasteiger partial charge in [0.25, 0.3) is 0 Å². The van der Waals surface area contributed by atoms with Gasteiger partial charge in [-0.05, 0) is 49.1 Å². The van der Waals surface area contributed by atoms with Crippen molar-refractivity contribution in [3.05, 3.63) is 70.7 Å². The second kappa shape index (κ2) is 13.6. The van der Waals surface area contributed by atoms with E-state index >= 15 is 0 Å². The molecule has 0 spiro atoms. The molecule has 1 heterocycles. The Morgan fingerprint density at radius 2 is 1.84 bits per heavy atom. The van der Waals surface area contributed by atoms with Crippen molar-refractivity contribution >= 4 is 5.70 Å². The summed E-state index contributed by atoms with van der Waals surface area (Å²) < 4.78 is 29.6. The minimum atomic E-state index is -0.702. The van der Waals surface area contributed by atoms with E-state index in [4.69, 9.17) is 11.5 Å². The van der Waals surface area contributed by atoms with Crippen molar-refractivity contribution in [2.45, 2.75) is 65.8 Å². The summed E-state index contributed by atoms with van der Waals surface area (Å²) in [4.78, 5) is 0. The van der Waals surface area contributed by atoms with Crippen LogP contribution in [0.2, 0.25) is 0 Å². The highest BCUT2D eigenvalue weighted by Crippen LogP contribution is 2.36. The van der Waals surface area contributed by atoms with Gasteiger partial charge in [0.1, 0.15) is 11.6 Å². The number of hydrogen-bond donors (Lipinski definition) is 3. The van der Waals surface area contributed by atoms with Crippen molar-refractivity contribution in [1.82, 2.24) is 9.78 Å². The summed E-state index contributed by atoms with van der Waals surface area (Å²) in [7, 11) is 0. The predicted molar refractivity (Wildman–Crippen MR) is 123 cm³/mol. The minimum absolute atomic E-state index is 0.0166. The quantitative estimate of drug-likeness (QED) is 0.612. The topological polar surface area (TPSA) is 90.1 Å². The zero-order valence-electron chi connectivity index (χ0n) is 19.0. The van der Waals surface area contributed by atoms with Crippen LogP contribution in [0.1, 0.15) is 70.6 Å². The monoisotopic (exact) mass is 434 g/mol. The highest BCUT2D eigenvalue weighted by Gasteiger charge is 2.25. The number of rotatable bonds is 5. The molecule has 1 unspecified atom stereocenters. The second-order valence-electron chi connectivity index (χ2n) is 7.03. The van der Waals surface area contributed by atoms with Gasteiger partial charge in [0, 0.05) is 29.2 Å². The summed E-state index contributed by atoms with van der Waals surface area (Å²) in [5.74, 6) is -1.47. The molecule has 0 bridgehead atoms. The Hall–Kier alpha value is -2.67. The fourth-order valence-corrected chi connectivity index (χ4v) is 3.44. The summed E-state index contributed by atoms with van der Waals surface area (Å²) in [6, 6.07) is 5.52. The van der Waals surface area contributed by atoms with Crippen molar-refractivity contribution in [3.8, 4) is 0 Å². The van der Waals surface area contributed by atoms with E-state index in [0.717, 1.165) is 24.1 Å². The molecule has 7 heteroatoms. The molecule has 1 aromatic heterocycles. The van der Waals surface area contributed by atoms with E-state index in [1.54, 1.807) is 17.0 Å². The largest absolute Gasteiger partial charge is 0.401 e. The molecule has 5 N–H and O–H groups in total. The summed E-state index contributed by atoms with van der Waals surface area (Å²) in [5, 5.41) is 13.4. The van der Waals surface area contributed by atoms with Gasteiger partial charge in [-0.25, -0.2) is 8.78 Å². The number of benzene rings is 1. The summed E-state index contributed by atoms with van der Waals surface area (Å²) >= 11 is 0. The number of nitrogens with zero attached hydrogens (tertiary/aromatic N) is 2. The first-order valence-electron chi connectivity index (χ1n) is 11.0. The first kappa shape index (κ1) is 26.4. The molecule has 3 rings (SSSR count). The minimum Gasteiger partial charge on any atom is -0.401 e. The molecular weight excluding hydrogens is 398 g/mol. The Balaban J connectivity index is 0.000000884. The van der Waals surface area contributed by atoms with E-state index in [1.165, 1.54) is 24.6 Å². The fraction of sp³-hybridized carbons (Fsp3) is 0.458. The lowest BCUT2D eigenvalue weighted by atomic mass is 9.84. The van der Waals surface area contributed by atoms with Gasteiger partial charge in [-0.15, -0.1) is 0 Å². The van der Waals surface area contributed by atoms with Gasteiger partial charge in [0.2, 0.25) is 0 Å². The van der Waals surface area contributed by atoms with Crippen LogP contribution in [0.5, 0.6) is 0 Å². The lowest BCUT2D eigenvalue weighted by Gasteiger charge is -2.26. The van der Waals surface area contributed by atoms with Crippen molar-refractivity contribution < 1.29 is 13.9 Å². The van der Waals surface area contributed by atoms with E-state index in [1.807, 2.05) is 19.9 Å². The van der Waals surface area contributed by atoms with Crippen molar-refractivity contribution in [3.63, 3.8) is 0 Å². The van der Waals surface area contributed by atoms with Crippen molar-refractivity contribution in [1.29, 1.82) is 0 Å². The Kier molecular flexibility index (Phi) is 11.6. The van der Waals surface area contributed by atoms with Gasteiger partial charge in [-0.2, -0.15) is 5.10 Å².